The third-order valence-electron chi connectivity index (χ3n) is 2.96. The topological polar surface area (TPSA) is 68.0 Å². The number of nitrogens with zero attached hydrogens (tertiary/aromatic N) is 1. The summed E-state index contributed by atoms with van der Waals surface area (Å²) in [6.45, 7) is 4.21. The van der Waals surface area contributed by atoms with E-state index in [9.17, 15) is 4.79 Å². The second kappa shape index (κ2) is 6.69. The van der Waals surface area contributed by atoms with Gasteiger partial charge in [-0.2, -0.15) is 0 Å². The van der Waals surface area contributed by atoms with E-state index in [-0.39, 0.29) is 5.91 Å². The molecule has 106 valence electrons. The van der Waals surface area contributed by atoms with E-state index in [0.29, 0.717) is 17.9 Å². The second-order valence-corrected chi connectivity index (χ2v) is 4.71. The number of hydrogen-bond acceptors (Lipinski definition) is 3. The maximum Gasteiger partial charge on any atom is 0.257 e. The van der Waals surface area contributed by atoms with Crippen LogP contribution in [0.5, 0.6) is 0 Å². The molecule has 2 rings (SSSR count). The number of aromatic nitrogens is 1. The average Bonchev–Trinajstić information content (AvgIpc) is 2.45. The lowest BCUT2D eigenvalue weighted by Gasteiger charge is -2.08. The summed E-state index contributed by atoms with van der Waals surface area (Å²) in [6.07, 6.45) is 1.61. The van der Waals surface area contributed by atoms with Crippen LogP contribution in [0.1, 0.15) is 27.0 Å². The predicted octanol–water partition coefficient (Wildman–Crippen LogP) is 2.26. The molecule has 3 N–H and O–H groups in total. The van der Waals surface area contributed by atoms with Crippen LogP contribution in [-0.4, -0.2) is 17.4 Å². The number of nitrogens with two attached hydrogens (primary N) is 1. The van der Waals surface area contributed by atoms with E-state index in [4.69, 9.17) is 5.73 Å². The highest BCUT2D eigenvalue weighted by molar-refractivity contribution is 6.04. The lowest BCUT2D eigenvalue weighted by Crippen LogP contribution is -2.14. The van der Waals surface area contributed by atoms with Gasteiger partial charge >= 0.3 is 0 Å². The Morgan fingerprint density at radius 3 is 2.81 bits per heavy atom. The molecule has 1 aromatic heterocycles. The molecule has 0 saturated heterocycles. The van der Waals surface area contributed by atoms with Crippen molar-refractivity contribution < 1.29 is 4.79 Å². The molecule has 0 spiro atoms. The van der Waals surface area contributed by atoms with Crippen molar-refractivity contribution in [3.63, 3.8) is 0 Å². The summed E-state index contributed by atoms with van der Waals surface area (Å²) in [7, 11) is 0. The summed E-state index contributed by atoms with van der Waals surface area (Å²) >= 11 is 0. The van der Waals surface area contributed by atoms with Gasteiger partial charge in [-0.3, -0.25) is 4.79 Å². The lowest BCUT2D eigenvalue weighted by atomic mass is 10.1. The molecule has 0 radical (unpaired) electrons. The van der Waals surface area contributed by atoms with Crippen molar-refractivity contribution in [2.75, 3.05) is 11.9 Å². The zero-order chi connectivity index (χ0) is 15.2. The Hall–Kier alpha value is -2.64. The molecule has 21 heavy (non-hydrogen) atoms. The molecule has 2 aromatic rings. The van der Waals surface area contributed by atoms with Crippen molar-refractivity contribution in [1.82, 2.24) is 4.98 Å². The van der Waals surface area contributed by atoms with E-state index in [1.807, 2.05) is 32.0 Å². The van der Waals surface area contributed by atoms with Crippen molar-refractivity contribution in [2.24, 2.45) is 5.73 Å². The Labute approximate surface area is 124 Å². The van der Waals surface area contributed by atoms with Crippen LogP contribution in [0, 0.1) is 25.7 Å². The molecule has 0 aliphatic heterocycles. The minimum atomic E-state index is -0.177. The number of nitrogens with one attached hydrogen (secondary N) is 1. The van der Waals surface area contributed by atoms with Crippen molar-refractivity contribution in [3.8, 4) is 11.8 Å². The van der Waals surface area contributed by atoms with Crippen LogP contribution in [0.15, 0.2) is 36.5 Å². The molecule has 1 amide bonds. The van der Waals surface area contributed by atoms with Gasteiger partial charge in [-0.25, -0.2) is 4.98 Å². The van der Waals surface area contributed by atoms with Gasteiger partial charge in [0.25, 0.3) is 5.91 Å². The summed E-state index contributed by atoms with van der Waals surface area (Å²) in [5.74, 6) is 5.98. The Morgan fingerprint density at radius 2 is 2.10 bits per heavy atom. The van der Waals surface area contributed by atoms with Crippen LogP contribution >= 0.6 is 0 Å². The van der Waals surface area contributed by atoms with E-state index >= 15 is 0 Å². The fourth-order valence-electron chi connectivity index (χ4n) is 1.98. The van der Waals surface area contributed by atoms with Gasteiger partial charge in [0.2, 0.25) is 0 Å². The molecule has 0 fully saturated rings. The molecule has 0 unspecified atom stereocenters. The number of carbonyl (C=O) groups excluding carboxylic acids is 1. The minimum absolute atomic E-state index is 0.177. The number of hydrogen-bond donors (Lipinski definition) is 2. The van der Waals surface area contributed by atoms with Crippen molar-refractivity contribution >= 4 is 11.7 Å². The zero-order valence-electron chi connectivity index (χ0n) is 12.1. The summed E-state index contributed by atoms with van der Waals surface area (Å²) < 4.78 is 0. The van der Waals surface area contributed by atoms with Gasteiger partial charge in [-0.15, -0.1) is 0 Å². The van der Waals surface area contributed by atoms with Crippen LogP contribution in [0.25, 0.3) is 0 Å². The molecule has 4 nitrogen and oxygen atoms in total. The van der Waals surface area contributed by atoms with E-state index in [1.165, 1.54) is 0 Å². The molecular formula is C17H17N3O. The van der Waals surface area contributed by atoms with E-state index in [0.717, 1.165) is 16.7 Å². The normalized spacial score (nSPS) is 9.67. The highest BCUT2D eigenvalue weighted by Crippen LogP contribution is 2.13. The average molecular weight is 279 g/mol. The van der Waals surface area contributed by atoms with Crippen LogP contribution < -0.4 is 11.1 Å². The first-order valence-electron chi connectivity index (χ1n) is 6.64. The highest BCUT2D eigenvalue weighted by atomic mass is 16.1. The van der Waals surface area contributed by atoms with Crippen molar-refractivity contribution in [2.45, 2.75) is 13.8 Å². The van der Waals surface area contributed by atoms with E-state index in [1.54, 1.807) is 18.3 Å². The van der Waals surface area contributed by atoms with Crippen LogP contribution in [-0.2, 0) is 0 Å². The third kappa shape index (κ3) is 3.91. The number of carbonyl (C=O) groups is 1. The maximum absolute atomic E-state index is 12.3. The monoisotopic (exact) mass is 279 g/mol. The molecular weight excluding hydrogens is 262 g/mol. The van der Waals surface area contributed by atoms with Crippen molar-refractivity contribution in [1.29, 1.82) is 0 Å². The summed E-state index contributed by atoms with van der Waals surface area (Å²) in [4.78, 5) is 16.4. The SMILES string of the molecule is Cc1ccc(C(=O)Nc2cc(C#CCN)ccn2)c(C)c1. The number of amides is 1. The zero-order valence-corrected chi connectivity index (χ0v) is 12.1. The fraction of sp³-hybridized carbons (Fsp3) is 0.176. The largest absolute Gasteiger partial charge is 0.320 e. The Bertz CT molecular complexity index is 726. The molecule has 1 aromatic carbocycles. The van der Waals surface area contributed by atoms with Gasteiger partial charge in [0.15, 0.2) is 0 Å². The summed E-state index contributed by atoms with van der Waals surface area (Å²) in [5.41, 5.74) is 8.81. The lowest BCUT2D eigenvalue weighted by molar-refractivity contribution is 0.102. The summed E-state index contributed by atoms with van der Waals surface area (Å²) in [5, 5.41) is 2.79. The van der Waals surface area contributed by atoms with Crippen molar-refractivity contribution in [3.05, 3.63) is 58.8 Å². The molecule has 1 heterocycles. The third-order valence-corrected chi connectivity index (χ3v) is 2.96. The maximum atomic E-state index is 12.3. The number of aryl methyl sites for hydroxylation is 2. The Balaban J connectivity index is 2.19. The molecule has 0 bridgehead atoms. The van der Waals surface area contributed by atoms with E-state index in [2.05, 4.69) is 22.1 Å². The Kier molecular flexibility index (Phi) is 4.70. The molecule has 0 aliphatic carbocycles. The molecule has 0 aliphatic rings. The van der Waals surface area contributed by atoms with Gasteiger partial charge in [-0.1, -0.05) is 29.5 Å². The molecule has 4 heteroatoms. The number of rotatable bonds is 2. The van der Waals surface area contributed by atoms with Gasteiger partial charge in [0.05, 0.1) is 6.54 Å². The fourth-order valence-corrected chi connectivity index (χ4v) is 1.98. The predicted molar refractivity (Wildman–Crippen MR) is 84.0 cm³/mol. The summed E-state index contributed by atoms with van der Waals surface area (Å²) in [6, 6.07) is 9.21. The van der Waals surface area contributed by atoms with Crippen LogP contribution in [0.3, 0.4) is 0 Å². The quantitative estimate of drug-likeness (QED) is 0.829. The van der Waals surface area contributed by atoms with Gasteiger partial charge in [0, 0.05) is 17.3 Å². The van der Waals surface area contributed by atoms with Gasteiger partial charge in [0.1, 0.15) is 5.82 Å². The first-order valence-corrected chi connectivity index (χ1v) is 6.64. The number of anilines is 1. The van der Waals surface area contributed by atoms with Crippen LogP contribution in [0.4, 0.5) is 5.82 Å². The molecule has 0 atom stereocenters. The standard InChI is InChI=1S/C17H17N3O/c1-12-5-6-15(13(2)10-12)17(21)20-16-11-14(4-3-8-18)7-9-19-16/h5-7,9-11H,8,18H2,1-2H3,(H,19,20,21). The molecule has 0 saturated carbocycles. The van der Waals surface area contributed by atoms with E-state index < -0.39 is 0 Å². The number of pyridine rings is 1. The first kappa shape index (κ1) is 14.8. The highest BCUT2D eigenvalue weighted by Gasteiger charge is 2.09. The second-order valence-electron chi connectivity index (χ2n) is 4.71. The van der Waals surface area contributed by atoms with Crippen LogP contribution in [0.2, 0.25) is 0 Å². The Morgan fingerprint density at radius 1 is 1.29 bits per heavy atom. The first-order chi connectivity index (χ1) is 10.1. The number of benzene rings is 1. The van der Waals surface area contributed by atoms with Gasteiger partial charge in [-0.05, 0) is 37.6 Å². The smallest absolute Gasteiger partial charge is 0.257 e. The minimum Gasteiger partial charge on any atom is -0.320 e. The van der Waals surface area contributed by atoms with Gasteiger partial charge < -0.3 is 11.1 Å².